The summed E-state index contributed by atoms with van der Waals surface area (Å²) >= 11 is 0. The molecule has 0 saturated carbocycles. The predicted octanol–water partition coefficient (Wildman–Crippen LogP) is 1.32. The van der Waals surface area contributed by atoms with E-state index in [1.165, 1.54) is 6.26 Å². The summed E-state index contributed by atoms with van der Waals surface area (Å²) < 4.78 is 4.68. The largest absolute Gasteiger partial charge is 0.493 e. The van der Waals surface area contributed by atoms with Crippen LogP contribution in [0.15, 0.2) is 18.6 Å². The first-order valence-electron chi connectivity index (χ1n) is 1.87. The number of hydrogen-bond acceptors (Lipinski definition) is 1. The summed E-state index contributed by atoms with van der Waals surface area (Å²) in [6.45, 7) is 5.90. The van der Waals surface area contributed by atoms with E-state index in [1.807, 2.05) is 6.92 Å². The van der Waals surface area contributed by atoms with E-state index in [9.17, 15) is 0 Å². The van der Waals surface area contributed by atoms with E-state index in [-0.39, 0.29) is 0 Å². The Bertz CT molecular complexity index is 60.3. The molecule has 0 amide bonds. The molecule has 0 fully saturated rings. The fourth-order valence-electron chi connectivity index (χ4n) is 0.142. The van der Waals surface area contributed by atoms with Crippen molar-refractivity contribution >= 4 is 0 Å². The summed E-state index contributed by atoms with van der Waals surface area (Å²) in [5, 5.41) is 0. The molecule has 6 heavy (non-hydrogen) atoms. The molecule has 0 aromatic heterocycles. The van der Waals surface area contributed by atoms with E-state index in [4.69, 9.17) is 0 Å². The third-order valence-corrected chi connectivity index (χ3v) is 0.333. The molecule has 0 aromatic rings. The molecule has 0 aliphatic heterocycles. The molecule has 0 unspecified atom stereocenters. The standard InChI is InChI=1S/C5H8O/c1-3-5-6-4-2/h5H,1,4H2,2H3. The molecule has 0 aliphatic rings. The Morgan fingerprint density at radius 2 is 2.67 bits per heavy atom. The Hall–Kier alpha value is -0.680. The normalized spacial score (nSPS) is 6.17. The fraction of sp³-hybridized carbons (Fsp3) is 0.400. The number of hydrogen-bond donors (Lipinski definition) is 0. The van der Waals surface area contributed by atoms with E-state index in [0.29, 0.717) is 6.61 Å². The lowest BCUT2D eigenvalue weighted by molar-refractivity contribution is 0.270. The van der Waals surface area contributed by atoms with Crippen LogP contribution in [0.5, 0.6) is 0 Å². The maximum atomic E-state index is 4.68. The lowest BCUT2D eigenvalue weighted by atomic mass is 10.8. The van der Waals surface area contributed by atoms with Gasteiger partial charge in [-0.2, -0.15) is 0 Å². The lowest BCUT2D eigenvalue weighted by Gasteiger charge is -1.84. The Morgan fingerprint density at radius 3 is 2.83 bits per heavy atom. The van der Waals surface area contributed by atoms with Crippen LogP contribution in [0, 0.1) is 0 Å². The van der Waals surface area contributed by atoms with Crippen molar-refractivity contribution in [3.8, 4) is 0 Å². The molecule has 1 heteroatoms. The highest BCUT2D eigenvalue weighted by Gasteiger charge is 1.58. The second-order valence-corrected chi connectivity index (χ2v) is 0.777. The van der Waals surface area contributed by atoms with E-state index < -0.39 is 0 Å². The molecular weight excluding hydrogens is 76.1 g/mol. The Morgan fingerprint density at radius 1 is 2.00 bits per heavy atom. The minimum absolute atomic E-state index is 0.697. The van der Waals surface area contributed by atoms with Crippen LogP contribution in [0.3, 0.4) is 0 Å². The van der Waals surface area contributed by atoms with Gasteiger partial charge in [0.2, 0.25) is 0 Å². The first kappa shape index (κ1) is 5.32. The molecule has 0 heterocycles. The van der Waals surface area contributed by atoms with Crippen LogP contribution in [0.2, 0.25) is 0 Å². The van der Waals surface area contributed by atoms with Gasteiger partial charge in [-0.1, -0.05) is 12.3 Å². The number of rotatable bonds is 2. The molecule has 0 bridgehead atoms. The zero-order chi connectivity index (χ0) is 4.83. The van der Waals surface area contributed by atoms with Gasteiger partial charge in [-0.3, -0.25) is 0 Å². The van der Waals surface area contributed by atoms with E-state index in [0.717, 1.165) is 0 Å². The molecule has 0 atom stereocenters. The van der Waals surface area contributed by atoms with Gasteiger partial charge < -0.3 is 4.74 Å². The monoisotopic (exact) mass is 84.1 g/mol. The SMILES string of the molecule is C=C=COCC. The second-order valence-electron chi connectivity index (χ2n) is 0.777. The van der Waals surface area contributed by atoms with Crippen molar-refractivity contribution in [3.63, 3.8) is 0 Å². The number of ether oxygens (including phenoxy) is 1. The third-order valence-electron chi connectivity index (χ3n) is 0.333. The van der Waals surface area contributed by atoms with Crippen molar-refractivity contribution in [2.75, 3.05) is 6.61 Å². The highest BCUT2D eigenvalue weighted by atomic mass is 16.5. The highest BCUT2D eigenvalue weighted by molar-refractivity contribution is 4.63. The van der Waals surface area contributed by atoms with E-state index in [1.54, 1.807) is 0 Å². The average molecular weight is 84.1 g/mol. The Labute approximate surface area is 37.9 Å². The van der Waals surface area contributed by atoms with Gasteiger partial charge in [-0.25, -0.2) is 0 Å². The lowest BCUT2D eigenvalue weighted by Crippen LogP contribution is -1.72. The van der Waals surface area contributed by atoms with E-state index in [2.05, 4.69) is 17.0 Å². The summed E-state index contributed by atoms with van der Waals surface area (Å²) in [6.07, 6.45) is 1.44. The molecule has 0 aromatic carbocycles. The topological polar surface area (TPSA) is 9.23 Å². The first-order chi connectivity index (χ1) is 2.91. The fourth-order valence-corrected chi connectivity index (χ4v) is 0.142. The van der Waals surface area contributed by atoms with Gasteiger partial charge in [0.1, 0.15) is 6.26 Å². The summed E-state index contributed by atoms with van der Waals surface area (Å²) in [5.74, 6) is 0. The maximum Gasteiger partial charge on any atom is 0.124 e. The van der Waals surface area contributed by atoms with Crippen molar-refractivity contribution < 1.29 is 4.74 Å². The molecule has 0 rings (SSSR count). The Kier molecular flexibility index (Phi) is 3.83. The smallest absolute Gasteiger partial charge is 0.124 e. The van der Waals surface area contributed by atoms with Gasteiger partial charge >= 0.3 is 0 Å². The predicted molar refractivity (Wildman–Crippen MR) is 25.3 cm³/mol. The molecule has 0 radical (unpaired) electrons. The van der Waals surface area contributed by atoms with Crippen LogP contribution in [-0.2, 0) is 4.74 Å². The van der Waals surface area contributed by atoms with Crippen LogP contribution >= 0.6 is 0 Å². The zero-order valence-electron chi connectivity index (χ0n) is 3.90. The molecular formula is C5H8O. The summed E-state index contributed by atoms with van der Waals surface area (Å²) in [5.41, 5.74) is 2.47. The average Bonchev–Trinajstić information content (AvgIpc) is 1.61. The van der Waals surface area contributed by atoms with Crippen LogP contribution in [0.25, 0.3) is 0 Å². The maximum absolute atomic E-state index is 4.68. The quantitative estimate of drug-likeness (QED) is 0.362. The highest BCUT2D eigenvalue weighted by Crippen LogP contribution is 1.67. The molecule has 34 valence electrons. The van der Waals surface area contributed by atoms with Gasteiger partial charge in [-0.15, -0.1) is 0 Å². The molecule has 0 spiro atoms. The van der Waals surface area contributed by atoms with Gasteiger partial charge in [0.15, 0.2) is 0 Å². The summed E-state index contributed by atoms with van der Waals surface area (Å²) in [6, 6.07) is 0. The van der Waals surface area contributed by atoms with Crippen LogP contribution in [-0.4, -0.2) is 6.61 Å². The van der Waals surface area contributed by atoms with Crippen molar-refractivity contribution in [2.24, 2.45) is 0 Å². The van der Waals surface area contributed by atoms with Crippen LogP contribution < -0.4 is 0 Å². The van der Waals surface area contributed by atoms with Crippen molar-refractivity contribution in [2.45, 2.75) is 6.92 Å². The van der Waals surface area contributed by atoms with Gasteiger partial charge in [0, 0.05) is 0 Å². The van der Waals surface area contributed by atoms with Crippen molar-refractivity contribution in [1.82, 2.24) is 0 Å². The zero-order valence-corrected chi connectivity index (χ0v) is 3.90. The van der Waals surface area contributed by atoms with Crippen LogP contribution in [0.4, 0.5) is 0 Å². The second kappa shape index (κ2) is 4.32. The first-order valence-corrected chi connectivity index (χ1v) is 1.87. The van der Waals surface area contributed by atoms with Gasteiger partial charge in [0.25, 0.3) is 0 Å². The van der Waals surface area contributed by atoms with Crippen molar-refractivity contribution in [3.05, 3.63) is 18.6 Å². The third kappa shape index (κ3) is 3.32. The van der Waals surface area contributed by atoms with Gasteiger partial charge in [0.05, 0.1) is 6.61 Å². The summed E-state index contributed by atoms with van der Waals surface area (Å²) in [4.78, 5) is 0. The molecule has 0 saturated heterocycles. The molecule has 0 aliphatic carbocycles. The van der Waals surface area contributed by atoms with Crippen molar-refractivity contribution in [1.29, 1.82) is 0 Å². The van der Waals surface area contributed by atoms with Crippen LogP contribution in [0.1, 0.15) is 6.92 Å². The minimum Gasteiger partial charge on any atom is -0.493 e. The minimum atomic E-state index is 0.697. The molecule has 1 nitrogen and oxygen atoms in total. The Balaban J connectivity index is 2.86. The molecule has 0 N–H and O–H groups in total. The van der Waals surface area contributed by atoms with Gasteiger partial charge in [-0.05, 0) is 6.92 Å². The summed E-state index contributed by atoms with van der Waals surface area (Å²) in [7, 11) is 0. The van der Waals surface area contributed by atoms with E-state index >= 15 is 0 Å².